The topological polar surface area (TPSA) is 58.6 Å². The van der Waals surface area contributed by atoms with Crippen LogP contribution >= 0.6 is 0 Å². The van der Waals surface area contributed by atoms with Gasteiger partial charge in [0.25, 0.3) is 0 Å². The Balaban J connectivity index is 1.46. The van der Waals surface area contributed by atoms with E-state index in [4.69, 9.17) is 4.74 Å². The van der Waals surface area contributed by atoms with Crippen LogP contribution in [-0.4, -0.2) is 54.1 Å². The minimum atomic E-state index is 0.208. The second-order valence-corrected chi connectivity index (χ2v) is 5.76. The second kappa shape index (κ2) is 7.77. The van der Waals surface area contributed by atoms with Crippen LogP contribution in [0.15, 0.2) is 42.7 Å². The Hall–Kier alpha value is -2.63. The van der Waals surface area contributed by atoms with Gasteiger partial charge in [-0.3, -0.25) is 4.79 Å². The van der Waals surface area contributed by atoms with Crippen LogP contribution in [-0.2, 0) is 11.2 Å². The van der Waals surface area contributed by atoms with E-state index in [0.717, 1.165) is 49.9 Å². The summed E-state index contributed by atoms with van der Waals surface area (Å²) in [5.74, 6) is 1.78. The van der Waals surface area contributed by atoms with Gasteiger partial charge in [0.1, 0.15) is 5.75 Å². The molecule has 1 aliphatic heterocycles. The number of ether oxygens (including phenoxy) is 1. The average Bonchev–Trinajstić information content (AvgIpc) is 2.67. The zero-order valence-electron chi connectivity index (χ0n) is 13.9. The van der Waals surface area contributed by atoms with Crippen molar-refractivity contribution in [3.63, 3.8) is 0 Å². The molecule has 126 valence electrons. The van der Waals surface area contributed by atoms with Crippen LogP contribution in [0.4, 0.5) is 5.95 Å². The number of rotatable bonds is 5. The molecule has 1 aromatic heterocycles. The summed E-state index contributed by atoms with van der Waals surface area (Å²) in [6.07, 6.45) is 4.78. The third kappa shape index (κ3) is 4.01. The lowest BCUT2D eigenvalue weighted by molar-refractivity contribution is -0.131. The van der Waals surface area contributed by atoms with Crippen LogP contribution in [0.2, 0.25) is 0 Å². The minimum Gasteiger partial charge on any atom is -0.497 e. The van der Waals surface area contributed by atoms with Gasteiger partial charge in [0.15, 0.2) is 0 Å². The molecule has 0 atom stereocenters. The minimum absolute atomic E-state index is 0.208. The number of methoxy groups -OCH3 is 1. The molecule has 1 aromatic carbocycles. The highest BCUT2D eigenvalue weighted by atomic mass is 16.5. The Kier molecular flexibility index (Phi) is 5.25. The number of hydrogen-bond donors (Lipinski definition) is 0. The Morgan fingerprint density at radius 3 is 2.38 bits per heavy atom. The normalized spacial score (nSPS) is 14.5. The molecular weight excluding hydrogens is 304 g/mol. The summed E-state index contributed by atoms with van der Waals surface area (Å²) < 4.78 is 5.15. The maximum absolute atomic E-state index is 12.4. The summed E-state index contributed by atoms with van der Waals surface area (Å²) in [4.78, 5) is 25.0. The fraction of sp³-hybridized carbons (Fsp3) is 0.389. The van der Waals surface area contributed by atoms with Gasteiger partial charge >= 0.3 is 0 Å². The first-order valence-corrected chi connectivity index (χ1v) is 8.19. The first-order valence-electron chi connectivity index (χ1n) is 8.19. The number of hydrogen-bond acceptors (Lipinski definition) is 5. The van der Waals surface area contributed by atoms with E-state index in [1.54, 1.807) is 19.5 Å². The van der Waals surface area contributed by atoms with E-state index in [9.17, 15) is 4.79 Å². The van der Waals surface area contributed by atoms with Crippen molar-refractivity contribution in [2.75, 3.05) is 38.2 Å². The van der Waals surface area contributed by atoms with Crippen LogP contribution in [0.1, 0.15) is 12.0 Å². The number of anilines is 1. The second-order valence-electron chi connectivity index (χ2n) is 5.76. The van der Waals surface area contributed by atoms with E-state index in [-0.39, 0.29) is 5.91 Å². The Labute approximate surface area is 142 Å². The molecule has 0 saturated carbocycles. The molecule has 1 saturated heterocycles. The zero-order chi connectivity index (χ0) is 16.8. The molecule has 2 aromatic rings. The highest BCUT2D eigenvalue weighted by molar-refractivity contribution is 5.76. The van der Waals surface area contributed by atoms with Crippen molar-refractivity contribution in [2.45, 2.75) is 12.8 Å². The summed E-state index contributed by atoms with van der Waals surface area (Å²) in [7, 11) is 1.65. The molecule has 0 aliphatic carbocycles. The Bertz CT molecular complexity index is 652. The monoisotopic (exact) mass is 326 g/mol. The molecule has 0 bridgehead atoms. The number of aromatic nitrogens is 2. The smallest absolute Gasteiger partial charge is 0.225 e. The maximum atomic E-state index is 12.4. The maximum Gasteiger partial charge on any atom is 0.225 e. The summed E-state index contributed by atoms with van der Waals surface area (Å²) in [5, 5.41) is 0. The number of aryl methyl sites for hydroxylation is 1. The van der Waals surface area contributed by atoms with Crippen molar-refractivity contribution in [1.82, 2.24) is 14.9 Å². The van der Waals surface area contributed by atoms with Crippen LogP contribution < -0.4 is 9.64 Å². The van der Waals surface area contributed by atoms with Crippen LogP contribution in [0.5, 0.6) is 5.75 Å². The molecule has 0 unspecified atom stereocenters. The lowest BCUT2D eigenvalue weighted by Crippen LogP contribution is -2.49. The van der Waals surface area contributed by atoms with Gasteiger partial charge in [-0.05, 0) is 30.2 Å². The van der Waals surface area contributed by atoms with E-state index < -0.39 is 0 Å². The zero-order valence-corrected chi connectivity index (χ0v) is 13.9. The lowest BCUT2D eigenvalue weighted by atomic mass is 10.1. The summed E-state index contributed by atoms with van der Waals surface area (Å²) >= 11 is 0. The van der Waals surface area contributed by atoms with E-state index in [0.29, 0.717) is 6.42 Å². The molecule has 24 heavy (non-hydrogen) atoms. The van der Waals surface area contributed by atoms with Crippen molar-refractivity contribution in [3.8, 4) is 5.75 Å². The number of nitrogens with zero attached hydrogens (tertiary/aromatic N) is 4. The highest BCUT2D eigenvalue weighted by Crippen LogP contribution is 2.14. The third-order valence-corrected chi connectivity index (χ3v) is 4.25. The third-order valence-electron chi connectivity index (χ3n) is 4.25. The van der Waals surface area contributed by atoms with Gasteiger partial charge in [-0.1, -0.05) is 12.1 Å². The molecule has 1 fully saturated rings. The van der Waals surface area contributed by atoms with Crippen LogP contribution in [0, 0.1) is 0 Å². The summed E-state index contributed by atoms with van der Waals surface area (Å²) in [6, 6.07) is 9.69. The molecule has 3 rings (SSSR count). The Morgan fingerprint density at radius 2 is 1.75 bits per heavy atom. The predicted octanol–water partition coefficient (Wildman–Crippen LogP) is 1.77. The van der Waals surface area contributed by atoms with Gasteiger partial charge in [-0.25, -0.2) is 9.97 Å². The largest absolute Gasteiger partial charge is 0.497 e. The first-order chi connectivity index (χ1) is 11.8. The standard InChI is InChI=1S/C18H22N4O2/c1-24-16-6-3-15(4-7-16)5-8-17(23)21-11-13-22(14-12-21)18-19-9-2-10-20-18/h2-4,6-7,9-10H,5,8,11-14H2,1H3. The van der Waals surface area contributed by atoms with E-state index >= 15 is 0 Å². The van der Waals surface area contributed by atoms with Gasteiger partial charge in [-0.15, -0.1) is 0 Å². The molecule has 6 nitrogen and oxygen atoms in total. The number of piperazine rings is 1. The summed E-state index contributed by atoms with van der Waals surface area (Å²) in [5.41, 5.74) is 1.15. The molecule has 0 radical (unpaired) electrons. The fourth-order valence-corrected chi connectivity index (χ4v) is 2.81. The van der Waals surface area contributed by atoms with Crippen LogP contribution in [0.25, 0.3) is 0 Å². The van der Waals surface area contributed by atoms with Gasteiger partial charge < -0.3 is 14.5 Å². The highest BCUT2D eigenvalue weighted by Gasteiger charge is 2.22. The van der Waals surface area contributed by atoms with Crippen molar-refractivity contribution < 1.29 is 9.53 Å². The Morgan fingerprint density at radius 1 is 1.08 bits per heavy atom. The fourth-order valence-electron chi connectivity index (χ4n) is 2.81. The van der Waals surface area contributed by atoms with Crippen molar-refractivity contribution >= 4 is 11.9 Å². The molecule has 0 N–H and O–H groups in total. The number of benzene rings is 1. The van der Waals surface area contributed by atoms with Crippen molar-refractivity contribution in [3.05, 3.63) is 48.3 Å². The van der Waals surface area contributed by atoms with Gasteiger partial charge in [0, 0.05) is 45.0 Å². The number of amides is 1. The molecule has 1 amide bonds. The lowest BCUT2D eigenvalue weighted by Gasteiger charge is -2.34. The van der Waals surface area contributed by atoms with Crippen molar-refractivity contribution in [1.29, 1.82) is 0 Å². The quantitative estimate of drug-likeness (QED) is 0.838. The number of carbonyl (C=O) groups excluding carboxylic acids is 1. The van der Waals surface area contributed by atoms with E-state index in [1.165, 1.54) is 0 Å². The molecular formula is C18H22N4O2. The molecule has 2 heterocycles. The van der Waals surface area contributed by atoms with E-state index in [2.05, 4.69) is 14.9 Å². The predicted molar refractivity (Wildman–Crippen MR) is 92.1 cm³/mol. The molecule has 6 heteroatoms. The van der Waals surface area contributed by atoms with Gasteiger partial charge in [0.05, 0.1) is 7.11 Å². The SMILES string of the molecule is COc1ccc(CCC(=O)N2CCN(c3ncccn3)CC2)cc1. The van der Waals surface area contributed by atoms with Gasteiger partial charge in [0.2, 0.25) is 11.9 Å². The number of carbonyl (C=O) groups is 1. The first kappa shape index (κ1) is 16.2. The van der Waals surface area contributed by atoms with Crippen LogP contribution in [0.3, 0.4) is 0 Å². The molecule has 0 spiro atoms. The average molecular weight is 326 g/mol. The molecule has 1 aliphatic rings. The summed E-state index contributed by atoms with van der Waals surface area (Å²) in [6.45, 7) is 3.00. The van der Waals surface area contributed by atoms with Gasteiger partial charge in [-0.2, -0.15) is 0 Å². The van der Waals surface area contributed by atoms with E-state index in [1.807, 2.05) is 35.2 Å². The van der Waals surface area contributed by atoms with Crippen molar-refractivity contribution in [2.24, 2.45) is 0 Å².